The molecule has 0 bridgehead atoms. The lowest BCUT2D eigenvalue weighted by Gasteiger charge is -2.38. The van der Waals surface area contributed by atoms with Crippen molar-refractivity contribution in [3.8, 4) is 5.75 Å². The summed E-state index contributed by atoms with van der Waals surface area (Å²) in [6, 6.07) is 7.00. The third-order valence-corrected chi connectivity index (χ3v) is 6.18. The number of rotatable bonds is 4. The summed E-state index contributed by atoms with van der Waals surface area (Å²) in [6.07, 6.45) is 6.43. The van der Waals surface area contributed by atoms with Gasteiger partial charge in [0, 0.05) is 51.9 Å². The number of fused-ring (bicyclic) bond motifs is 2. The number of imidazole rings is 1. The van der Waals surface area contributed by atoms with Crippen LogP contribution in [0, 0.1) is 0 Å². The fourth-order valence-electron chi connectivity index (χ4n) is 4.28. The molecule has 0 unspecified atom stereocenters. The van der Waals surface area contributed by atoms with Gasteiger partial charge >= 0.3 is 0 Å². The number of nitrogens with one attached hydrogen (secondary N) is 1. The maximum atomic E-state index is 11.8. The second-order valence-electron chi connectivity index (χ2n) is 7.88. The summed E-state index contributed by atoms with van der Waals surface area (Å²) in [7, 11) is 1.60. The fourth-order valence-corrected chi connectivity index (χ4v) is 4.28. The summed E-state index contributed by atoms with van der Waals surface area (Å²) in [5, 5.41) is 2.60. The van der Waals surface area contributed by atoms with Gasteiger partial charge in [0.1, 0.15) is 17.3 Å². The van der Waals surface area contributed by atoms with Crippen LogP contribution >= 0.6 is 0 Å². The first-order valence-electron chi connectivity index (χ1n) is 10.4. The van der Waals surface area contributed by atoms with Crippen LogP contribution in [0.4, 0.5) is 5.82 Å². The maximum Gasteiger partial charge on any atom is 0.271 e. The molecule has 2 aliphatic rings. The van der Waals surface area contributed by atoms with Crippen LogP contribution in [0.2, 0.25) is 0 Å². The Morgan fingerprint density at radius 1 is 1.20 bits per heavy atom. The van der Waals surface area contributed by atoms with Crippen molar-refractivity contribution in [1.82, 2.24) is 24.6 Å². The normalized spacial score (nSPS) is 17.6. The summed E-state index contributed by atoms with van der Waals surface area (Å²) < 4.78 is 7.61. The molecule has 30 heavy (non-hydrogen) atoms. The van der Waals surface area contributed by atoms with Crippen LogP contribution in [0.5, 0.6) is 5.75 Å². The van der Waals surface area contributed by atoms with Gasteiger partial charge < -0.3 is 19.4 Å². The van der Waals surface area contributed by atoms with Crippen molar-refractivity contribution in [3.63, 3.8) is 0 Å². The van der Waals surface area contributed by atoms with Crippen LogP contribution in [0.3, 0.4) is 0 Å². The Hall–Kier alpha value is -3.13. The van der Waals surface area contributed by atoms with Crippen molar-refractivity contribution in [2.24, 2.45) is 0 Å². The zero-order chi connectivity index (χ0) is 20.7. The van der Waals surface area contributed by atoms with E-state index in [0.29, 0.717) is 17.4 Å². The number of aromatic nitrogens is 3. The lowest BCUT2D eigenvalue weighted by molar-refractivity contribution is 0.0958. The van der Waals surface area contributed by atoms with E-state index in [1.165, 1.54) is 11.1 Å². The molecule has 1 N–H and O–H groups in total. The van der Waals surface area contributed by atoms with Crippen LogP contribution in [-0.4, -0.2) is 65.0 Å². The predicted molar refractivity (Wildman–Crippen MR) is 114 cm³/mol. The number of ether oxygens (including phenoxy) is 1. The van der Waals surface area contributed by atoms with Gasteiger partial charge in [-0.05, 0) is 24.1 Å². The molecule has 1 fully saturated rings. The van der Waals surface area contributed by atoms with Gasteiger partial charge in [0.05, 0.1) is 19.0 Å². The van der Waals surface area contributed by atoms with E-state index >= 15 is 0 Å². The molecule has 1 amide bonds. The Bertz CT molecular complexity index is 1090. The second kappa shape index (κ2) is 7.60. The van der Waals surface area contributed by atoms with E-state index < -0.39 is 0 Å². The average molecular weight is 406 g/mol. The molecule has 156 valence electrons. The minimum absolute atomic E-state index is 0.195. The minimum Gasteiger partial charge on any atom is -0.493 e. The van der Waals surface area contributed by atoms with Gasteiger partial charge in [-0.1, -0.05) is 12.1 Å². The van der Waals surface area contributed by atoms with Gasteiger partial charge in [-0.25, -0.2) is 9.97 Å². The highest BCUT2D eigenvalue weighted by Gasteiger charge is 2.24. The molecule has 3 aromatic rings. The van der Waals surface area contributed by atoms with Gasteiger partial charge in [0.15, 0.2) is 5.65 Å². The van der Waals surface area contributed by atoms with Crippen molar-refractivity contribution in [2.45, 2.75) is 19.4 Å². The third kappa shape index (κ3) is 3.37. The van der Waals surface area contributed by atoms with E-state index in [1.54, 1.807) is 19.4 Å². The van der Waals surface area contributed by atoms with E-state index in [2.05, 4.69) is 50.2 Å². The summed E-state index contributed by atoms with van der Waals surface area (Å²) in [4.78, 5) is 25.5. The summed E-state index contributed by atoms with van der Waals surface area (Å²) in [5.74, 6) is 1.76. The molecule has 0 aliphatic carbocycles. The predicted octanol–water partition coefficient (Wildman–Crippen LogP) is 1.91. The zero-order valence-electron chi connectivity index (χ0n) is 17.3. The van der Waals surface area contributed by atoms with E-state index in [4.69, 9.17) is 4.74 Å². The van der Waals surface area contributed by atoms with Crippen molar-refractivity contribution < 1.29 is 9.53 Å². The number of anilines is 1. The van der Waals surface area contributed by atoms with Crippen molar-refractivity contribution in [3.05, 3.63) is 53.6 Å². The first-order chi connectivity index (χ1) is 14.6. The third-order valence-electron chi connectivity index (χ3n) is 6.18. The van der Waals surface area contributed by atoms with Crippen molar-refractivity contribution >= 4 is 17.4 Å². The van der Waals surface area contributed by atoms with Gasteiger partial charge in [0.2, 0.25) is 0 Å². The first kappa shape index (κ1) is 18.9. The van der Waals surface area contributed by atoms with Gasteiger partial charge in [-0.2, -0.15) is 0 Å². The number of hydrogen-bond acceptors (Lipinski definition) is 6. The van der Waals surface area contributed by atoms with Crippen molar-refractivity contribution in [2.75, 3.05) is 44.7 Å². The molecule has 1 aromatic carbocycles. The number of amides is 1. The highest BCUT2D eigenvalue weighted by molar-refractivity contribution is 5.92. The smallest absolute Gasteiger partial charge is 0.271 e. The highest BCUT2D eigenvalue weighted by Crippen LogP contribution is 2.31. The van der Waals surface area contributed by atoms with Crippen LogP contribution in [-0.2, 0) is 6.42 Å². The number of nitrogens with zero attached hydrogens (tertiary/aromatic N) is 5. The largest absolute Gasteiger partial charge is 0.493 e. The number of benzene rings is 1. The molecule has 0 saturated carbocycles. The number of hydrogen-bond donors (Lipinski definition) is 1. The van der Waals surface area contributed by atoms with Crippen LogP contribution in [0.15, 0.2) is 36.8 Å². The van der Waals surface area contributed by atoms with Gasteiger partial charge in [-0.15, -0.1) is 0 Å². The number of carbonyl (C=O) groups is 1. The van der Waals surface area contributed by atoms with Crippen molar-refractivity contribution in [1.29, 1.82) is 0 Å². The lowest BCUT2D eigenvalue weighted by Crippen LogP contribution is -2.47. The molecule has 1 atom stereocenters. The molecule has 1 saturated heterocycles. The minimum atomic E-state index is -0.195. The molecule has 0 radical (unpaired) electrons. The van der Waals surface area contributed by atoms with E-state index in [-0.39, 0.29) is 5.91 Å². The van der Waals surface area contributed by atoms with Crippen LogP contribution in [0.25, 0.3) is 5.65 Å². The molecule has 4 heterocycles. The Balaban J connectivity index is 1.27. The summed E-state index contributed by atoms with van der Waals surface area (Å²) in [5.41, 5.74) is 3.69. The molecule has 5 rings (SSSR count). The molecular formula is C22H26N6O2. The maximum absolute atomic E-state index is 11.8. The quantitative estimate of drug-likeness (QED) is 0.713. The van der Waals surface area contributed by atoms with E-state index in [0.717, 1.165) is 50.8 Å². The summed E-state index contributed by atoms with van der Waals surface area (Å²) in [6.45, 7) is 6.80. The second-order valence-corrected chi connectivity index (χ2v) is 7.88. The number of carbonyl (C=O) groups excluding carboxylic acids is 1. The van der Waals surface area contributed by atoms with Crippen LogP contribution < -0.4 is 15.0 Å². The summed E-state index contributed by atoms with van der Waals surface area (Å²) >= 11 is 0. The van der Waals surface area contributed by atoms with Gasteiger partial charge in [-0.3, -0.25) is 9.69 Å². The molecule has 2 aliphatic heterocycles. The van der Waals surface area contributed by atoms with E-state index in [9.17, 15) is 4.79 Å². The molecule has 8 nitrogen and oxygen atoms in total. The lowest BCUT2D eigenvalue weighted by atomic mass is 10.0. The monoisotopic (exact) mass is 406 g/mol. The zero-order valence-corrected chi connectivity index (χ0v) is 17.3. The van der Waals surface area contributed by atoms with Gasteiger partial charge in [0.25, 0.3) is 5.91 Å². The fraction of sp³-hybridized carbons (Fsp3) is 0.409. The molecule has 8 heteroatoms. The molecule has 2 aromatic heterocycles. The SMILES string of the molecule is CNC(=O)c1cn2cc(N3CCN([C@@H](C)c4ccc5c(c4)OCC5)CC3)ncc2n1. The average Bonchev–Trinajstić information content (AvgIpc) is 3.43. The van der Waals surface area contributed by atoms with Crippen LogP contribution in [0.1, 0.15) is 34.6 Å². The highest BCUT2D eigenvalue weighted by atomic mass is 16.5. The Morgan fingerprint density at radius 3 is 2.83 bits per heavy atom. The molecular weight excluding hydrogens is 380 g/mol. The topological polar surface area (TPSA) is 75.0 Å². The standard InChI is InChI=1S/C22H26N6O2/c1-15(17-4-3-16-5-10-30-19(16)11-17)26-6-8-27(9-7-26)21-14-28-13-18(22(29)23-2)25-20(28)12-24-21/h3-4,11-15H,5-10H2,1-2H3,(H,23,29)/t15-/m0/s1. The Kier molecular flexibility index (Phi) is 4.78. The Morgan fingerprint density at radius 2 is 2.03 bits per heavy atom. The molecule has 0 spiro atoms. The van der Waals surface area contributed by atoms with E-state index in [1.807, 2.05) is 10.6 Å². The Labute approximate surface area is 175 Å². The first-order valence-corrected chi connectivity index (χ1v) is 10.4. The number of piperazine rings is 1.